The average Bonchev–Trinajstić information content (AvgIpc) is 3.54. The first-order chi connectivity index (χ1) is 18.2. The van der Waals surface area contributed by atoms with E-state index in [1.54, 1.807) is 28.5 Å². The number of benzene rings is 2. The topological polar surface area (TPSA) is 67.7 Å². The Kier molecular flexibility index (Phi) is 7.47. The Bertz CT molecular complexity index is 1360. The third kappa shape index (κ3) is 4.92. The van der Waals surface area contributed by atoms with Gasteiger partial charge in [-0.3, -0.25) is 14.5 Å². The minimum Gasteiger partial charge on any atom is -0.496 e. The van der Waals surface area contributed by atoms with Gasteiger partial charge >= 0.3 is 0 Å². The lowest BCUT2D eigenvalue weighted by Crippen LogP contribution is -2.43. The second-order valence-electron chi connectivity index (χ2n) is 10.7. The van der Waals surface area contributed by atoms with E-state index in [1.807, 2.05) is 53.4 Å². The van der Waals surface area contributed by atoms with Gasteiger partial charge in [0, 0.05) is 29.6 Å². The molecule has 38 heavy (non-hydrogen) atoms. The highest BCUT2D eigenvalue weighted by molar-refractivity contribution is 8.00. The van der Waals surface area contributed by atoms with Gasteiger partial charge in [0.05, 0.1) is 34.5 Å². The van der Waals surface area contributed by atoms with Crippen LogP contribution in [0.4, 0.5) is 5.82 Å². The fraction of sp³-hybridized carbons (Fsp3) is 0.414. The van der Waals surface area contributed by atoms with Gasteiger partial charge in [0.2, 0.25) is 11.8 Å². The summed E-state index contributed by atoms with van der Waals surface area (Å²) in [5.74, 6) is 1.38. The first-order valence-corrected chi connectivity index (χ1v) is 14.3. The van der Waals surface area contributed by atoms with Crippen LogP contribution in [0, 0.1) is 0 Å². The number of fused-ring (bicyclic) bond motifs is 1. The molecular weight excluding hydrogens is 520 g/mol. The van der Waals surface area contributed by atoms with Crippen LogP contribution in [0.2, 0.25) is 5.02 Å². The van der Waals surface area contributed by atoms with Gasteiger partial charge in [0.15, 0.2) is 0 Å². The number of likely N-dealkylation sites (tertiary alicyclic amines) is 1. The number of nitrogens with zero attached hydrogens (tertiary/aromatic N) is 4. The van der Waals surface area contributed by atoms with Crippen molar-refractivity contribution in [1.29, 1.82) is 0 Å². The van der Waals surface area contributed by atoms with E-state index in [0.717, 1.165) is 48.5 Å². The van der Waals surface area contributed by atoms with Crippen LogP contribution >= 0.6 is 23.4 Å². The smallest absolute Gasteiger partial charge is 0.242 e. The van der Waals surface area contributed by atoms with Crippen LogP contribution in [-0.4, -0.2) is 59.0 Å². The van der Waals surface area contributed by atoms with Gasteiger partial charge < -0.3 is 9.64 Å². The Balaban J connectivity index is 1.78. The van der Waals surface area contributed by atoms with Gasteiger partial charge in [-0.1, -0.05) is 62.7 Å². The molecule has 9 heteroatoms. The summed E-state index contributed by atoms with van der Waals surface area (Å²) in [5.41, 5.74) is 3.04. The minimum atomic E-state index is -0.352. The SMILES string of the molecule is COc1ccccc1C1SCC(=O)N(CC(=O)N2CCCC2)c2c1c(C(C)(C)C)nn2-c1ccccc1Cl. The highest BCUT2D eigenvalue weighted by Gasteiger charge is 2.41. The number of para-hydroxylation sites is 2. The Morgan fingerprint density at radius 1 is 1.11 bits per heavy atom. The van der Waals surface area contributed by atoms with Gasteiger partial charge in [-0.05, 0) is 31.0 Å². The van der Waals surface area contributed by atoms with Crippen molar-refractivity contribution >= 4 is 41.0 Å². The van der Waals surface area contributed by atoms with Gasteiger partial charge in [-0.15, -0.1) is 11.8 Å². The van der Waals surface area contributed by atoms with E-state index in [4.69, 9.17) is 21.4 Å². The van der Waals surface area contributed by atoms with Crippen molar-refractivity contribution in [2.45, 2.75) is 44.3 Å². The molecule has 2 aromatic carbocycles. The number of carbonyl (C=O) groups excluding carboxylic acids is 2. The molecule has 5 rings (SSSR count). The molecule has 2 aliphatic rings. The van der Waals surface area contributed by atoms with Crippen LogP contribution in [0.1, 0.15) is 55.7 Å². The molecule has 1 fully saturated rings. The molecule has 1 atom stereocenters. The number of ether oxygens (including phenoxy) is 1. The maximum atomic E-state index is 13.8. The second kappa shape index (κ2) is 10.7. The fourth-order valence-electron chi connectivity index (χ4n) is 5.20. The van der Waals surface area contributed by atoms with Crippen molar-refractivity contribution in [3.8, 4) is 11.4 Å². The number of methoxy groups -OCH3 is 1. The largest absolute Gasteiger partial charge is 0.496 e. The third-order valence-corrected chi connectivity index (χ3v) is 8.61. The van der Waals surface area contributed by atoms with Crippen molar-refractivity contribution in [2.75, 3.05) is 37.4 Å². The van der Waals surface area contributed by atoms with Crippen molar-refractivity contribution < 1.29 is 14.3 Å². The van der Waals surface area contributed by atoms with Crippen LogP contribution < -0.4 is 9.64 Å². The molecule has 1 aromatic heterocycles. The number of halogens is 1. The highest BCUT2D eigenvalue weighted by atomic mass is 35.5. The van der Waals surface area contributed by atoms with E-state index in [1.165, 1.54) is 0 Å². The van der Waals surface area contributed by atoms with E-state index in [9.17, 15) is 9.59 Å². The zero-order valence-electron chi connectivity index (χ0n) is 22.2. The zero-order chi connectivity index (χ0) is 27.0. The first-order valence-electron chi connectivity index (χ1n) is 12.9. The zero-order valence-corrected chi connectivity index (χ0v) is 23.8. The van der Waals surface area contributed by atoms with Crippen LogP contribution in [0.15, 0.2) is 48.5 Å². The lowest BCUT2D eigenvalue weighted by Gasteiger charge is -2.26. The standard InChI is InChI=1S/C29H33ClN4O3S/c1-29(2,3)27-25-26(19-11-5-8-14-22(19)37-4)38-18-24(36)33(17-23(35)32-15-9-10-16-32)28(25)34(31-27)21-13-7-6-12-20(21)30/h5-8,11-14,26H,9-10,15-18H2,1-4H3. The molecular formula is C29H33ClN4O3S. The number of amides is 2. The van der Waals surface area contributed by atoms with Crippen molar-refractivity contribution in [1.82, 2.24) is 14.7 Å². The van der Waals surface area contributed by atoms with Crippen molar-refractivity contribution in [2.24, 2.45) is 0 Å². The molecule has 2 amide bonds. The maximum Gasteiger partial charge on any atom is 0.242 e. The molecule has 3 aromatic rings. The molecule has 0 radical (unpaired) electrons. The van der Waals surface area contributed by atoms with Crippen LogP contribution in [0.3, 0.4) is 0 Å². The monoisotopic (exact) mass is 552 g/mol. The average molecular weight is 553 g/mol. The van der Waals surface area contributed by atoms with Gasteiger partial charge in [0.1, 0.15) is 18.1 Å². The number of carbonyl (C=O) groups is 2. The molecule has 0 N–H and O–H groups in total. The first kappa shape index (κ1) is 26.6. The Labute approximate surface area is 233 Å². The van der Waals surface area contributed by atoms with E-state index in [0.29, 0.717) is 16.5 Å². The molecule has 3 heterocycles. The summed E-state index contributed by atoms with van der Waals surface area (Å²) in [6, 6.07) is 15.4. The molecule has 0 spiro atoms. The van der Waals surface area contributed by atoms with Crippen LogP contribution in [-0.2, 0) is 15.0 Å². The normalized spacial score (nSPS) is 17.9. The summed E-state index contributed by atoms with van der Waals surface area (Å²) in [4.78, 5) is 30.7. The quantitative estimate of drug-likeness (QED) is 0.411. The number of aromatic nitrogens is 2. The molecule has 0 bridgehead atoms. The van der Waals surface area contributed by atoms with Gasteiger partial charge in [-0.25, -0.2) is 4.68 Å². The molecule has 1 unspecified atom stereocenters. The lowest BCUT2D eigenvalue weighted by atomic mass is 9.87. The second-order valence-corrected chi connectivity index (χ2v) is 12.2. The summed E-state index contributed by atoms with van der Waals surface area (Å²) in [7, 11) is 1.66. The van der Waals surface area contributed by atoms with Crippen molar-refractivity contribution in [3.63, 3.8) is 0 Å². The summed E-state index contributed by atoms with van der Waals surface area (Å²) in [5, 5.41) is 5.40. The lowest BCUT2D eigenvalue weighted by molar-refractivity contribution is -0.130. The van der Waals surface area contributed by atoms with Crippen LogP contribution in [0.5, 0.6) is 5.75 Å². The summed E-state index contributed by atoms with van der Waals surface area (Å²) in [6.45, 7) is 7.76. The Morgan fingerprint density at radius 2 is 1.79 bits per heavy atom. The number of hydrogen-bond acceptors (Lipinski definition) is 5. The predicted molar refractivity (Wildman–Crippen MR) is 153 cm³/mol. The Hall–Kier alpha value is -2.97. The van der Waals surface area contributed by atoms with E-state index < -0.39 is 0 Å². The molecule has 2 aliphatic heterocycles. The summed E-state index contributed by atoms with van der Waals surface area (Å²) < 4.78 is 7.52. The molecule has 0 aliphatic carbocycles. The molecule has 1 saturated heterocycles. The number of rotatable bonds is 5. The van der Waals surface area contributed by atoms with E-state index in [-0.39, 0.29) is 34.8 Å². The summed E-state index contributed by atoms with van der Waals surface area (Å²) >= 11 is 8.24. The third-order valence-electron chi connectivity index (χ3n) is 7.05. The summed E-state index contributed by atoms with van der Waals surface area (Å²) in [6.07, 6.45) is 1.98. The maximum absolute atomic E-state index is 13.8. The molecule has 0 saturated carbocycles. The predicted octanol–water partition coefficient (Wildman–Crippen LogP) is 5.62. The fourth-order valence-corrected chi connectivity index (χ4v) is 6.63. The Morgan fingerprint density at radius 3 is 2.47 bits per heavy atom. The highest BCUT2D eigenvalue weighted by Crippen LogP contribution is 2.50. The van der Waals surface area contributed by atoms with Crippen molar-refractivity contribution in [3.05, 3.63) is 70.4 Å². The van der Waals surface area contributed by atoms with E-state index >= 15 is 0 Å². The number of thioether (sulfide) groups is 1. The van der Waals surface area contributed by atoms with E-state index in [2.05, 4.69) is 20.8 Å². The van der Waals surface area contributed by atoms with Gasteiger partial charge in [0.25, 0.3) is 0 Å². The molecule has 200 valence electrons. The van der Waals surface area contributed by atoms with Crippen LogP contribution in [0.25, 0.3) is 5.69 Å². The minimum absolute atomic E-state index is 0.0369. The molecule has 7 nitrogen and oxygen atoms in total. The number of anilines is 1. The number of hydrogen-bond donors (Lipinski definition) is 0. The van der Waals surface area contributed by atoms with Gasteiger partial charge in [-0.2, -0.15) is 5.10 Å².